The van der Waals surface area contributed by atoms with E-state index in [0.29, 0.717) is 5.56 Å². The van der Waals surface area contributed by atoms with E-state index in [4.69, 9.17) is 0 Å². The molecule has 1 saturated carbocycles. The van der Waals surface area contributed by atoms with Crippen LogP contribution < -0.4 is 10.6 Å². The van der Waals surface area contributed by atoms with Crippen LogP contribution in [0.4, 0.5) is 9.18 Å². The van der Waals surface area contributed by atoms with Gasteiger partial charge in [-0.05, 0) is 47.4 Å². The number of aliphatic hydroxyl groups is 1. The van der Waals surface area contributed by atoms with Crippen molar-refractivity contribution in [2.45, 2.75) is 30.9 Å². The van der Waals surface area contributed by atoms with Crippen LogP contribution in [0.5, 0.6) is 0 Å². The lowest BCUT2D eigenvalue weighted by atomic mass is 9.99. The minimum absolute atomic E-state index is 0.0272. The molecular formula is C17H19FN2O2S. The summed E-state index contributed by atoms with van der Waals surface area (Å²) < 4.78 is 13.7. The van der Waals surface area contributed by atoms with Gasteiger partial charge in [-0.25, -0.2) is 9.18 Å². The molecule has 1 aromatic carbocycles. The van der Waals surface area contributed by atoms with Crippen LogP contribution in [0.25, 0.3) is 0 Å². The second-order valence-electron chi connectivity index (χ2n) is 6.08. The summed E-state index contributed by atoms with van der Waals surface area (Å²) in [5.41, 5.74) is 0.313. The molecule has 0 spiro atoms. The molecule has 3 N–H and O–H groups in total. The van der Waals surface area contributed by atoms with Crippen molar-refractivity contribution in [3.8, 4) is 0 Å². The van der Waals surface area contributed by atoms with Gasteiger partial charge in [-0.1, -0.05) is 18.2 Å². The zero-order chi connectivity index (χ0) is 16.4. The lowest BCUT2D eigenvalue weighted by Gasteiger charge is -2.22. The molecule has 1 aromatic heterocycles. The highest BCUT2D eigenvalue weighted by Crippen LogP contribution is 2.41. The van der Waals surface area contributed by atoms with Crippen molar-refractivity contribution in [2.24, 2.45) is 0 Å². The van der Waals surface area contributed by atoms with Crippen LogP contribution in [-0.2, 0) is 5.60 Å². The summed E-state index contributed by atoms with van der Waals surface area (Å²) in [4.78, 5) is 11.9. The van der Waals surface area contributed by atoms with Crippen LogP contribution in [0.15, 0.2) is 41.1 Å². The Morgan fingerprint density at radius 2 is 2.22 bits per heavy atom. The maximum absolute atomic E-state index is 13.7. The molecule has 4 nitrogen and oxygen atoms in total. The Hall–Kier alpha value is -1.92. The predicted octanol–water partition coefficient (Wildman–Crippen LogP) is 2.95. The fraction of sp³-hybridized carbons (Fsp3) is 0.353. The summed E-state index contributed by atoms with van der Waals surface area (Å²) >= 11 is 1.50. The topological polar surface area (TPSA) is 61.4 Å². The summed E-state index contributed by atoms with van der Waals surface area (Å²) in [7, 11) is 0. The van der Waals surface area contributed by atoms with E-state index in [0.717, 1.165) is 12.0 Å². The van der Waals surface area contributed by atoms with Crippen LogP contribution in [-0.4, -0.2) is 23.7 Å². The summed E-state index contributed by atoms with van der Waals surface area (Å²) in [6.07, 6.45) is 0.731. The van der Waals surface area contributed by atoms with Gasteiger partial charge >= 0.3 is 6.03 Å². The van der Waals surface area contributed by atoms with E-state index in [2.05, 4.69) is 10.6 Å². The first-order chi connectivity index (χ1) is 11.0. The van der Waals surface area contributed by atoms with Crippen molar-refractivity contribution in [3.63, 3.8) is 0 Å². The molecule has 2 amide bonds. The average Bonchev–Trinajstić information content (AvgIpc) is 3.03. The Morgan fingerprint density at radius 1 is 1.43 bits per heavy atom. The van der Waals surface area contributed by atoms with E-state index in [-0.39, 0.29) is 30.4 Å². The van der Waals surface area contributed by atoms with Gasteiger partial charge in [0, 0.05) is 12.0 Å². The normalized spacial score (nSPS) is 22.2. The molecule has 6 heteroatoms. The first-order valence-corrected chi connectivity index (χ1v) is 8.45. The number of carbonyl (C=O) groups excluding carboxylic acids is 1. The third-order valence-electron chi connectivity index (χ3n) is 4.15. The molecule has 0 unspecified atom stereocenters. The number of carbonyl (C=O) groups is 1. The number of rotatable bonds is 5. The van der Waals surface area contributed by atoms with E-state index in [9.17, 15) is 14.3 Å². The fourth-order valence-electron chi connectivity index (χ4n) is 2.62. The van der Waals surface area contributed by atoms with E-state index in [1.807, 2.05) is 16.8 Å². The smallest absolute Gasteiger partial charge is 0.315 e. The standard InChI is InChI=1S/C17H19FN2O2S/c1-17(22,11-6-7-23-9-11)10-19-16(21)20-15-8-13(15)12-4-2-3-5-14(12)18/h2-7,9,13,15,22H,8,10H2,1H3,(H2,19,20,21)/t13-,15-,17-/m0/s1. The highest BCUT2D eigenvalue weighted by atomic mass is 32.1. The number of hydrogen-bond donors (Lipinski definition) is 3. The Morgan fingerprint density at radius 3 is 2.91 bits per heavy atom. The second-order valence-corrected chi connectivity index (χ2v) is 6.86. The quantitative estimate of drug-likeness (QED) is 0.787. The molecule has 23 heavy (non-hydrogen) atoms. The van der Waals surface area contributed by atoms with Crippen LogP contribution >= 0.6 is 11.3 Å². The summed E-state index contributed by atoms with van der Waals surface area (Å²) in [5, 5.41) is 19.6. The summed E-state index contributed by atoms with van der Waals surface area (Å²) in [6, 6.07) is 8.07. The monoisotopic (exact) mass is 334 g/mol. The van der Waals surface area contributed by atoms with Crippen molar-refractivity contribution >= 4 is 17.4 Å². The highest BCUT2D eigenvalue weighted by molar-refractivity contribution is 7.08. The van der Waals surface area contributed by atoms with Gasteiger partial charge in [-0.2, -0.15) is 11.3 Å². The Kier molecular flexibility index (Phi) is 4.37. The number of benzene rings is 1. The largest absolute Gasteiger partial charge is 0.384 e. The third-order valence-corrected chi connectivity index (χ3v) is 4.83. The van der Waals surface area contributed by atoms with Crippen LogP contribution in [0, 0.1) is 5.82 Å². The molecule has 3 rings (SSSR count). The molecule has 0 radical (unpaired) electrons. The molecule has 1 heterocycles. The van der Waals surface area contributed by atoms with Gasteiger partial charge in [0.25, 0.3) is 0 Å². The number of amides is 2. The van der Waals surface area contributed by atoms with E-state index >= 15 is 0 Å². The maximum atomic E-state index is 13.7. The van der Waals surface area contributed by atoms with Gasteiger partial charge in [-0.15, -0.1) is 0 Å². The molecule has 1 aliphatic carbocycles. The van der Waals surface area contributed by atoms with Crippen LogP contribution in [0.2, 0.25) is 0 Å². The lowest BCUT2D eigenvalue weighted by molar-refractivity contribution is 0.0598. The maximum Gasteiger partial charge on any atom is 0.315 e. The van der Waals surface area contributed by atoms with Gasteiger partial charge in [0.1, 0.15) is 11.4 Å². The molecule has 122 valence electrons. The summed E-state index contributed by atoms with van der Waals surface area (Å²) in [6.45, 7) is 1.78. The van der Waals surface area contributed by atoms with Crippen LogP contribution in [0.3, 0.4) is 0 Å². The molecule has 2 aromatic rings. The van der Waals surface area contributed by atoms with Crippen molar-refractivity contribution in [3.05, 3.63) is 58.0 Å². The Balaban J connectivity index is 1.49. The average molecular weight is 334 g/mol. The molecular weight excluding hydrogens is 315 g/mol. The minimum atomic E-state index is -1.11. The summed E-state index contributed by atoms with van der Waals surface area (Å²) in [5.74, 6) is -0.207. The van der Waals surface area contributed by atoms with Gasteiger partial charge in [0.15, 0.2) is 0 Å². The predicted molar refractivity (Wildman–Crippen MR) is 88.0 cm³/mol. The number of urea groups is 1. The van der Waals surface area contributed by atoms with Crippen molar-refractivity contribution in [1.29, 1.82) is 0 Å². The number of halogens is 1. The number of thiophene rings is 1. The molecule has 0 bridgehead atoms. The zero-order valence-electron chi connectivity index (χ0n) is 12.8. The van der Waals surface area contributed by atoms with E-state index in [1.165, 1.54) is 17.4 Å². The molecule has 0 saturated heterocycles. The SMILES string of the molecule is C[C@](O)(CNC(=O)N[C@H]1C[C@H]1c1ccccc1F)c1ccsc1. The third kappa shape index (κ3) is 3.71. The number of nitrogens with one attached hydrogen (secondary N) is 2. The van der Waals surface area contributed by atoms with Gasteiger partial charge in [0.2, 0.25) is 0 Å². The highest BCUT2D eigenvalue weighted by Gasteiger charge is 2.41. The number of hydrogen-bond acceptors (Lipinski definition) is 3. The Labute approximate surface area is 138 Å². The van der Waals surface area contributed by atoms with Gasteiger partial charge in [0.05, 0.1) is 6.54 Å². The second kappa shape index (κ2) is 6.29. The van der Waals surface area contributed by atoms with Gasteiger partial charge < -0.3 is 15.7 Å². The van der Waals surface area contributed by atoms with E-state index in [1.54, 1.807) is 25.1 Å². The van der Waals surface area contributed by atoms with Gasteiger partial charge in [-0.3, -0.25) is 0 Å². The van der Waals surface area contributed by atoms with Crippen molar-refractivity contribution < 1.29 is 14.3 Å². The molecule has 1 aliphatic rings. The lowest BCUT2D eigenvalue weighted by Crippen LogP contribution is -2.44. The zero-order valence-corrected chi connectivity index (χ0v) is 13.6. The van der Waals surface area contributed by atoms with E-state index < -0.39 is 5.60 Å². The molecule has 0 aliphatic heterocycles. The fourth-order valence-corrected chi connectivity index (χ4v) is 3.40. The first-order valence-electron chi connectivity index (χ1n) is 7.51. The first kappa shape index (κ1) is 16.0. The minimum Gasteiger partial charge on any atom is -0.384 e. The van der Waals surface area contributed by atoms with Crippen molar-refractivity contribution in [2.75, 3.05) is 6.54 Å². The Bertz CT molecular complexity index is 688. The molecule has 3 atom stereocenters. The molecule has 1 fully saturated rings. The van der Waals surface area contributed by atoms with Crippen molar-refractivity contribution in [1.82, 2.24) is 10.6 Å². The van der Waals surface area contributed by atoms with Crippen LogP contribution in [0.1, 0.15) is 30.4 Å².